The smallest absolute Gasteiger partial charge is 0.0462 e. The van der Waals surface area contributed by atoms with Crippen LogP contribution in [0.2, 0.25) is 0 Å². The van der Waals surface area contributed by atoms with Gasteiger partial charge in [0.1, 0.15) is 0 Å². The summed E-state index contributed by atoms with van der Waals surface area (Å²) in [6.45, 7) is 0. The number of rotatable bonds is 5. The van der Waals surface area contributed by atoms with Crippen molar-refractivity contribution in [2.45, 2.75) is 0 Å². The van der Waals surface area contributed by atoms with Gasteiger partial charge in [0.15, 0.2) is 0 Å². The summed E-state index contributed by atoms with van der Waals surface area (Å²) in [4.78, 5) is 2.34. The second kappa shape index (κ2) is 11.3. The van der Waals surface area contributed by atoms with Crippen LogP contribution < -0.4 is 4.90 Å². The zero-order valence-corrected chi connectivity index (χ0v) is 25.8. The van der Waals surface area contributed by atoms with E-state index in [2.05, 4.69) is 193 Å². The molecular weight excluding hydrogens is 567 g/mol. The van der Waals surface area contributed by atoms with Crippen LogP contribution in [-0.2, 0) is 0 Å². The fourth-order valence-electron chi connectivity index (χ4n) is 7.23. The summed E-state index contributed by atoms with van der Waals surface area (Å²) in [5.74, 6) is 0. The van der Waals surface area contributed by atoms with Crippen molar-refractivity contribution in [3.63, 3.8) is 0 Å². The van der Waals surface area contributed by atoms with Crippen molar-refractivity contribution in [2.75, 3.05) is 4.90 Å². The molecule has 1 heteroatoms. The zero-order valence-electron chi connectivity index (χ0n) is 25.8. The number of hydrogen-bond donors (Lipinski definition) is 0. The fraction of sp³-hybridized carbons (Fsp3) is 0. The average Bonchev–Trinajstić information content (AvgIpc) is 3.14. The highest BCUT2D eigenvalue weighted by molar-refractivity contribution is 6.14. The zero-order chi connectivity index (χ0) is 31.2. The molecule has 0 aromatic heterocycles. The Morgan fingerprint density at radius 3 is 0.915 bits per heavy atom. The van der Waals surface area contributed by atoms with E-state index in [0.717, 1.165) is 17.1 Å². The van der Waals surface area contributed by atoms with Crippen LogP contribution in [0, 0.1) is 0 Å². The quantitative estimate of drug-likeness (QED) is 0.178. The molecule has 9 aromatic carbocycles. The summed E-state index contributed by atoms with van der Waals surface area (Å²) in [5, 5.41) is 10.1. The van der Waals surface area contributed by atoms with Gasteiger partial charge in [0.2, 0.25) is 0 Å². The van der Waals surface area contributed by atoms with Gasteiger partial charge in [-0.2, -0.15) is 0 Å². The molecule has 1 nitrogen and oxygen atoms in total. The van der Waals surface area contributed by atoms with E-state index < -0.39 is 0 Å². The van der Waals surface area contributed by atoms with E-state index in [1.54, 1.807) is 0 Å². The minimum Gasteiger partial charge on any atom is -0.311 e. The first-order valence-electron chi connectivity index (χ1n) is 16.2. The van der Waals surface area contributed by atoms with E-state index in [0.29, 0.717) is 0 Å². The Bertz CT molecular complexity index is 2280. The van der Waals surface area contributed by atoms with Crippen molar-refractivity contribution in [3.8, 4) is 22.3 Å². The molecule has 47 heavy (non-hydrogen) atoms. The molecule has 0 fully saturated rings. The van der Waals surface area contributed by atoms with E-state index in [1.807, 2.05) is 0 Å². The van der Waals surface area contributed by atoms with Crippen LogP contribution in [-0.4, -0.2) is 0 Å². The summed E-state index contributed by atoms with van der Waals surface area (Å²) in [7, 11) is 0. The molecular formula is C46H31N. The Morgan fingerprint density at radius 2 is 0.553 bits per heavy atom. The van der Waals surface area contributed by atoms with Crippen LogP contribution in [0.15, 0.2) is 188 Å². The summed E-state index contributed by atoms with van der Waals surface area (Å²) < 4.78 is 0. The van der Waals surface area contributed by atoms with Gasteiger partial charge in [-0.15, -0.1) is 0 Å². The van der Waals surface area contributed by atoms with Crippen molar-refractivity contribution in [1.82, 2.24) is 0 Å². The normalized spacial score (nSPS) is 11.4. The van der Waals surface area contributed by atoms with Crippen molar-refractivity contribution < 1.29 is 0 Å². The number of benzene rings is 9. The maximum absolute atomic E-state index is 2.34. The fourth-order valence-corrected chi connectivity index (χ4v) is 7.23. The molecule has 9 rings (SSSR count). The molecule has 0 heterocycles. The number of fused-ring (bicyclic) bond motifs is 4. The Hall–Kier alpha value is -6.18. The van der Waals surface area contributed by atoms with Crippen LogP contribution in [0.5, 0.6) is 0 Å². The highest BCUT2D eigenvalue weighted by atomic mass is 15.1. The SMILES string of the molecule is c1ccc(N(c2ccc(-c3c4ccccc4cc4ccccc34)cc2)c2ccc(-c3c4ccccc4cc4ccccc34)cc2)cc1. The molecule has 0 atom stereocenters. The largest absolute Gasteiger partial charge is 0.311 e. The van der Waals surface area contributed by atoms with Gasteiger partial charge in [0, 0.05) is 17.1 Å². The van der Waals surface area contributed by atoms with Crippen molar-refractivity contribution in [3.05, 3.63) is 188 Å². The number of anilines is 3. The molecule has 0 spiro atoms. The number of para-hydroxylation sites is 1. The van der Waals surface area contributed by atoms with Crippen LogP contribution in [0.1, 0.15) is 0 Å². The van der Waals surface area contributed by atoms with Crippen molar-refractivity contribution >= 4 is 60.2 Å². The lowest BCUT2D eigenvalue weighted by atomic mass is 9.91. The minimum absolute atomic E-state index is 1.12. The Labute approximate surface area is 274 Å². The third-order valence-electron chi connectivity index (χ3n) is 9.39. The third kappa shape index (κ3) is 4.72. The highest BCUT2D eigenvalue weighted by Gasteiger charge is 2.16. The lowest BCUT2D eigenvalue weighted by Gasteiger charge is -2.26. The van der Waals surface area contributed by atoms with Gasteiger partial charge in [-0.1, -0.05) is 140 Å². The molecule has 0 aliphatic rings. The third-order valence-corrected chi connectivity index (χ3v) is 9.39. The molecule has 220 valence electrons. The van der Waals surface area contributed by atoms with Crippen LogP contribution in [0.4, 0.5) is 17.1 Å². The summed E-state index contributed by atoms with van der Waals surface area (Å²) in [6, 6.07) is 68.2. The molecule has 0 unspecified atom stereocenters. The molecule has 0 saturated heterocycles. The van der Waals surface area contributed by atoms with Gasteiger partial charge >= 0.3 is 0 Å². The predicted octanol–water partition coefficient (Wildman–Crippen LogP) is 13.1. The molecule has 0 amide bonds. The Morgan fingerprint density at radius 1 is 0.255 bits per heavy atom. The van der Waals surface area contributed by atoms with E-state index in [-0.39, 0.29) is 0 Å². The van der Waals surface area contributed by atoms with Crippen molar-refractivity contribution in [1.29, 1.82) is 0 Å². The van der Waals surface area contributed by atoms with E-state index >= 15 is 0 Å². The molecule has 0 aliphatic carbocycles. The first kappa shape index (κ1) is 27.2. The summed E-state index contributed by atoms with van der Waals surface area (Å²) in [5.41, 5.74) is 8.35. The first-order chi connectivity index (χ1) is 23.3. The second-order valence-electron chi connectivity index (χ2n) is 12.2. The number of hydrogen-bond acceptors (Lipinski definition) is 1. The Kier molecular flexibility index (Phi) is 6.54. The molecule has 0 N–H and O–H groups in total. The molecule has 9 aromatic rings. The van der Waals surface area contributed by atoms with Gasteiger partial charge in [0.25, 0.3) is 0 Å². The summed E-state index contributed by atoms with van der Waals surface area (Å²) in [6.07, 6.45) is 0. The molecule has 0 saturated carbocycles. The predicted molar refractivity (Wildman–Crippen MR) is 202 cm³/mol. The van der Waals surface area contributed by atoms with E-state index in [1.165, 1.54) is 65.3 Å². The second-order valence-corrected chi connectivity index (χ2v) is 12.2. The first-order valence-corrected chi connectivity index (χ1v) is 16.2. The summed E-state index contributed by atoms with van der Waals surface area (Å²) >= 11 is 0. The monoisotopic (exact) mass is 597 g/mol. The topological polar surface area (TPSA) is 3.24 Å². The van der Waals surface area contributed by atoms with E-state index in [4.69, 9.17) is 0 Å². The van der Waals surface area contributed by atoms with Gasteiger partial charge < -0.3 is 4.90 Å². The maximum Gasteiger partial charge on any atom is 0.0462 e. The molecule has 0 radical (unpaired) electrons. The minimum atomic E-state index is 1.12. The maximum atomic E-state index is 2.34. The van der Waals surface area contributed by atoms with Gasteiger partial charge in [-0.05, 0) is 114 Å². The van der Waals surface area contributed by atoms with Gasteiger partial charge in [-0.25, -0.2) is 0 Å². The van der Waals surface area contributed by atoms with Crippen molar-refractivity contribution in [2.24, 2.45) is 0 Å². The van der Waals surface area contributed by atoms with Crippen LogP contribution in [0.25, 0.3) is 65.3 Å². The lowest BCUT2D eigenvalue weighted by molar-refractivity contribution is 1.28. The van der Waals surface area contributed by atoms with Crippen LogP contribution >= 0.6 is 0 Å². The standard InChI is InChI=1S/C46H31N/c1-2-16-38(17-3-1)47(39-26-22-32(23-27-39)45-41-18-8-4-12-34(41)30-35-13-5-9-19-42(35)45)40-28-24-33(25-29-40)46-43-20-10-6-14-36(43)31-37-15-7-11-21-44(37)46/h1-31H. The Balaban J connectivity index is 1.16. The van der Waals surface area contributed by atoms with Crippen LogP contribution in [0.3, 0.4) is 0 Å². The van der Waals surface area contributed by atoms with E-state index in [9.17, 15) is 0 Å². The lowest BCUT2D eigenvalue weighted by Crippen LogP contribution is -2.09. The molecule has 0 aliphatic heterocycles. The van der Waals surface area contributed by atoms with Gasteiger partial charge in [-0.3, -0.25) is 0 Å². The molecule has 0 bridgehead atoms. The highest BCUT2D eigenvalue weighted by Crippen LogP contribution is 2.41. The average molecular weight is 598 g/mol. The van der Waals surface area contributed by atoms with Gasteiger partial charge in [0.05, 0.1) is 0 Å². The number of nitrogens with zero attached hydrogens (tertiary/aromatic N) is 1.